The normalized spacial score (nSPS) is 11.3. The Morgan fingerprint density at radius 1 is 1.10 bits per heavy atom. The summed E-state index contributed by atoms with van der Waals surface area (Å²) in [6.07, 6.45) is 0. The highest BCUT2D eigenvalue weighted by Gasteiger charge is 2.23. The van der Waals surface area contributed by atoms with E-state index >= 15 is 0 Å². The van der Waals surface area contributed by atoms with Crippen molar-refractivity contribution in [1.82, 2.24) is 9.97 Å². The number of hydrogen-bond donors (Lipinski definition) is 2. The van der Waals surface area contributed by atoms with E-state index in [9.17, 15) is 13.7 Å². The van der Waals surface area contributed by atoms with Crippen LogP contribution in [-0.4, -0.2) is 18.4 Å². The van der Waals surface area contributed by atoms with E-state index in [1.165, 1.54) is 23.9 Å². The highest BCUT2D eigenvalue weighted by atomic mass is 35.5. The Morgan fingerprint density at radius 2 is 1.83 bits per heavy atom. The number of nitrogens with one attached hydrogen (secondary N) is 2. The quantitative estimate of drug-likeness (QED) is 0.391. The van der Waals surface area contributed by atoms with Crippen LogP contribution in [0.25, 0.3) is 11.0 Å². The van der Waals surface area contributed by atoms with Crippen LogP contribution in [0.3, 0.4) is 0 Å². The van der Waals surface area contributed by atoms with Gasteiger partial charge in [0.15, 0.2) is 0 Å². The van der Waals surface area contributed by atoms with Crippen LogP contribution >= 0.6 is 23.4 Å². The van der Waals surface area contributed by atoms with Gasteiger partial charge in [0, 0.05) is 10.6 Å². The fourth-order valence-corrected chi connectivity index (χ4v) is 5.61. The number of para-hydroxylation sites is 2. The molecule has 2 N–H and O–H groups in total. The van der Waals surface area contributed by atoms with E-state index in [0.29, 0.717) is 21.7 Å². The number of nitrogens with zero attached hydrogens (tertiary/aromatic N) is 2. The molecule has 0 aliphatic carbocycles. The standard InChI is InChI=1S/C21H15ClN4O2S2/c22-16-11-19(29-13-14-6-2-1-3-7-14)20(10-15(16)12-23)30(27,28)26-21-24-17-8-4-5-9-18(17)25-21/h1-11H,13H2,(H2,24,25,26). The van der Waals surface area contributed by atoms with Gasteiger partial charge in [0.1, 0.15) is 11.0 Å². The molecule has 9 heteroatoms. The molecule has 0 bridgehead atoms. The van der Waals surface area contributed by atoms with Crippen LogP contribution in [0.2, 0.25) is 5.02 Å². The number of aromatic amines is 1. The van der Waals surface area contributed by atoms with Gasteiger partial charge >= 0.3 is 0 Å². The molecule has 30 heavy (non-hydrogen) atoms. The lowest BCUT2D eigenvalue weighted by atomic mass is 10.2. The molecule has 0 saturated heterocycles. The summed E-state index contributed by atoms with van der Waals surface area (Å²) in [5, 5.41) is 9.52. The lowest BCUT2D eigenvalue weighted by Crippen LogP contribution is -2.15. The summed E-state index contributed by atoms with van der Waals surface area (Å²) < 4.78 is 28.8. The van der Waals surface area contributed by atoms with E-state index in [1.807, 2.05) is 48.5 Å². The molecule has 0 fully saturated rings. The molecule has 6 nitrogen and oxygen atoms in total. The van der Waals surface area contributed by atoms with Crippen molar-refractivity contribution in [2.24, 2.45) is 0 Å². The van der Waals surface area contributed by atoms with Gasteiger partial charge in [-0.1, -0.05) is 54.1 Å². The van der Waals surface area contributed by atoms with Crippen molar-refractivity contribution in [3.63, 3.8) is 0 Å². The predicted molar refractivity (Wildman–Crippen MR) is 119 cm³/mol. The van der Waals surface area contributed by atoms with Crippen molar-refractivity contribution in [3.05, 3.63) is 82.9 Å². The van der Waals surface area contributed by atoms with E-state index in [4.69, 9.17) is 11.6 Å². The first-order valence-corrected chi connectivity index (χ1v) is 11.7. The highest BCUT2D eigenvalue weighted by Crippen LogP contribution is 2.34. The van der Waals surface area contributed by atoms with Crippen molar-refractivity contribution < 1.29 is 8.42 Å². The van der Waals surface area contributed by atoms with Crippen molar-refractivity contribution in [2.45, 2.75) is 15.5 Å². The summed E-state index contributed by atoms with van der Waals surface area (Å²) in [6.45, 7) is 0. The van der Waals surface area contributed by atoms with Gasteiger partial charge in [-0.3, -0.25) is 0 Å². The zero-order valence-corrected chi connectivity index (χ0v) is 17.9. The average Bonchev–Trinajstić information content (AvgIpc) is 3.14. The average molecular weight is 455 g/mol. The molecular formula is C21H15ClN4O2S2. The maximum Gasteiger partial charge on any atom is 0.265 e. The molecule has 0 atom stereocenters. The molecule has 4 aromatic rings. The second-order valence-corrected chi connectivity index (χ2v) is 9.45. The van der Waals surface area contributed by atoms with E-state index in [2.05, 4.69) is 14.7 Å². The van der Waals surface area contributed by atoms with Crippen LogP contribution in [0, 0.1) is 11.3 Å². The van der Waals surface area contributed by atoms with Gasteiger partial charge in [-0.05, 0) is 29.8 Å². The molecule has 0 radical (unpaired) electrons. The maximum atomic E-state index is 13.2. The molecule has 1 aromatic heterocycles. The van der Waals surface area contributed by atoms with Gasteiger partial charge < -0.3 is 4.98 Å². The van der Waals surface area contributed by atoms with Gasteiger partial charge in [0.05, 0.1) is 21.6 Å². The number of anilines is 1. The number of fused-ring (bicyclic) bond motifs is 1. The van der Waals surface area contributed by atoms with E-state index in [-0.39, 0.29) is 21.4 Å². The second kappa shape index (κ2) is 8.40. The maximum absolute atomic E-state index is 13.2. The molecular weight excluding hydrogens is 440 g/mol. The van der Waals surface area contributed by atoms with Gasteiger partial charge in [0.25, 0.3) is 10.0 Å². The Bertz CT molecular complexity index is 1330. The van der Waals surface area contributed by atoms with Crippen LogP contribution in [0.15, 0.2) is 76.5 Å². The fourth-order valence-electron chi connectivity index (χ4n) is 2.86. The minimum absolute atomic E-state index is 0.0233. The topological polar surface area (TPSA) is 98.6 Å². The molecule has 0 spiro atoms. The summed E-state index contributed by atoms with van der Waals surface area (Å²) in [6, 6.07) is 21.6. The van der Waals surface area contributed by atoms with Crippen LogP contribution in [-0.2, 0) is 15.8 Å². The zero-order chi connectivity index (χ0) is 21.1. The molecule has 0 amide bonds. The minimum Gasteiger partial charge on any atom is -0.323 e. The van der Waals surface area contributed by atoms with Gasteiger partial charge in [-0.25, -0.2) is 18.1 Å². The third kappa shape index (κ3) is 4.28. The number of rotatable bonds is 6. The molecule has 4 rings (SSSR count). The van der Waals surface area contributed by atoms with Crippen molar-refractivity contribution in [2.75, 3.05) is 4.72 Å². The summed E-state index contributed by atoms with van der Waals surface area (Å²) in [5.41, 5.74) is 2.48. The first-order chi connectivity index (χ1) is 14.5. The van der Waals surface area contributed by atoms with Crippen LogP contribution in [0.4, 0.5) is 5.95 Å². The lowest BCUT2D eigenvalue weighted by molar-refractivity contribution is 0.599. The number of H-pyrrole nitrogens is 1. The van der Waals surface area contributed by atoms with E-state index in [0.717, 1.165) is 5.56 Å². The fraction of sp³-hybridized carbons (Fsp3) is 0.0476. The first-order valence-electron chi connectivity index (χ1n) is 8.84. The van der Waals surface area contributed by atoms with E-state index < -0.39 is 10.0 Å². The molecule has 3 aromatic carbocycles. The number of halogens is 1. The first kappa shape index (κ1) is 20.3. The number of aromatic nitrogens is 2. The smallest absolute Gasteiger partial charge is 0.265 e. The van der Waals surface area contributed by atoms with Crippen molar-refractivity contribution >= 4 is 50.4 Å². The number of sulfonamides is 1. The van der Waals surface area contributed by atoms with Crippen molar-refractivity contribution in [1.29, 1.82) is 5.26 Å². The monoisotopic (exact) mass is 454 g/mol. The Kier molecular flexibility index (Phi) is 5.68. The lowest BCUT2D eigenvalue weighted by Gasteiger charge is -2.12. The van der Waals surface area contributed by atoms with Crippen molar-refractivity contribution in [3.8, 4) is 6.07 Å². The Hall–Kier alpha value is -2.99. The Morgan fingerprint density at radius 3 is 2.57 bits per heavy atom. The van der Waals surface area contributed by atoms with Gasteiger partial charge in [-0.2, -0.15) is 5.26 Å². The zero-order valence-electron chi connectivity index (χ0n) is 15.5. The summed E-state index contributed by atoms with van der Waals surface area (Å²) in [7, 11) is -4.02. The number of hydrogen-bond acceptors (Lipinski definition) is 5. The molecule has 0 aliphatic rings. The number of nitriles is 1. The number of imidazole rings is 1. The molecule has 0 saturated carbocycles. The molecule has 1 heterocycles. The molecule has 150 valence electrons. The summed E-state index contributed by atoms with van der Waals surface area (Å²) >= 11 is 7.51. The molecule has 0 unspecified atom stereocenters. The molecule has 0 aliphatic heterocycles. The largest absolute Gasteiger partial charge is 0.323 e. The van der Waals surface area contributed by atoms with Gasteiger partial charge in [-0.15, -0.1) is 11.8 Å². The third-order valence-electron chi connectivity index (χ3n) is 4.30. The number of benzene rings is 3. The summed E-state index contributed by atoms with van der Waals surface area (Å²) in [4.78, 5) is 7.63. The Balaban J connectivity index is 1.70. The van der Waals surface area contributed by atoms with Crippen LogP contribution in [0.5, 0.6) is 0 Å². The highest BCUT2D eigenvalue weighted by molar-refractivity contribution is 7.99. The third-order valence-corrected chi connectivity index (χ3v) is 7.25. The predicted octanol–water partition coefficient (Wildman–Crippen LogP) is 5.18. The Labute approximate surface area is 183 Å². The van der Waals surface area contributed by atoms with Gasteiger partial charge in [0.2, 0.25) is 5.95 Å². The number of thioether (sulfide) groups is 1. The van der Waals surface area contributed by atoms with Crippen LogP contribution < -0.4 is 4.72 Å². The minimum atomic E-state index is -4.02. The van der Waals surface area contributed by atoms with E-state index in [1.54, 1.807) is 12.1 Å². The summed E-state index contributed by atoms with van der Waals surface area (Å²) in [5.74, 6) is 0.652. The van der Waals surface area contributed by atoms with Crippen LogP contribution in [0.1, 0.15) is 11.1 Å². The second-order valence-electron chi connectivity index (χ2n) is 6.37. The SMILES string of the molecule is N#Cc1cc(S(=O)(=O)Nc2nc3ccccc3[nH]2)c(SCc2ccccc2)cc1Cl.